The van der Waals surface area contributed by atoms with Crippen LogP contribution in [0.2, 0.25) is 0 Å². The number of hydrogen-bond acceptors (Lipinski definition) is 3. The molecule has 17 heavy (non-hydrogen) atoms. The van der Waals surface area contributed by atoms with Crippen molar-refractivity contribution in [3.63, 3.8) is 0 Å². The molecule has 0 saturated carbocycles. The lowest BCUT2D eigenvalue weighted by Gasteiger charge is -2.23. The second-order valence-corrected chi connectivity index (χ2v) is 5.04. The van der Waals surface area contributed by atoms with Gasteiger partial charge < -0.3 is 10.0 Å². The lowest BCUT2D eigenvalue weighted by Crippen LogP contribution is -2.25. The number of thioether (sulfide) groups is 1. The Morgan fingerprint density at radius 1 is 1.29 bits per heavy atom. The number of benzene rings is 1. The van der Waals surface area contributed by atoms with Crippen LogP contribution in [0.15, 0.2) is 41.4 Å². The molecule has 94 valence electrons. The number of rotatable bonds is 4. The summed E-state index contributed by atoms with van der Waals surface area (Å²) >= 11 is 1.81. The van der Waals surface area contributed by atoms with Gasteiger partial charge in [-0.15, -0.1) is 24.2 Å². The van der Waals surface area contributed by atoms with E-state index in [2.05, 4.69) is 41.6 Å². The fourth-order valence-corrected chi connectivity index (χ4v) is 2.98. The van der Waals surface area contributed by atoms with E-state index in [1.165, 1.54) is 11.3 Å². The zero-order valence-electron chi connectivity index (χ0n) is 9.87. The van der Waals surface area contributed by atoms with E-state index in [1.54, 1.807) is 11.8 Å². The van der Waals surface area contributed by atoms with E-state index >= 15 is 0 Å². The normalized spacial score (nSPS) is 18.8. The van der Waals surface area contributed by atoms with Gasteiger partial charge in [0.15, 0.2) is 0 Å². The highest BCUT2D eigenvalue weighted by atomic mass is 35.5. The van der Waals surface area contributed by atoms with Crippen molar-refractivity contribution in [2.24, 2.45) is 0 Å². The van der Waals surface area contributed by atoms with E-state index in [0.29, 0.717) is 5.37 Å². The Morgan fingerprint density at radius 2 is 2.00 bits per heavy atom. The highest BCUT2D eigenvalue weighted by Crippen LogP contribution is 2.32. The van der Waals surface area contributed by atoms with Gasteiger partial charge >= 0.3 is 0 Å². The summed E-state index contributed by atoms with van der Waals surface area (Å²) in [7, 11) is 2.11. The minimum Gasteiger partial charge on any atom is -0.396 e. The second kappa shape index (κ2) is 6.94. The van der Waals surface area contributed by atoms with Gasteiger partial charge in [-0.1, -0.05) is 30.3 Å². The Kier molecular flexibility index (Phi) is 5.89. The maximum atomic E-state index is 8.96. The molecule has 1 heterocycles. The standard InChI is InChI=1S/C13H17NOS.ClH/c1-14-12(10-16-13(14)7-8-15)9-11-5-3-2-4-6-11;/h2-6,10,13,15H,7-9H2,1H3;1H. The summed E-state index contributed by atoms with van der Waals surface area (Å²) in [6.45, 7) is 0.258. The van der Waals surface area contributed by atoms with Crippen LogP contribution in [-0.2, 0) is 6.42 Å². The number of likely N-dealkylation sites (N-methyl/N-ethyl adjacent to an activating group) is 1. The van der Waals surface area contributed by atoms with Gasteiger partial charge in [-0.25, -0.2) is 0 Å². The lowest BCUT2D eigenvalue weighted by molar-refractivity contribution is 0.255. The van der Waals surface area contributed by atoms with Crippen molar-refractivity contribution in [3.8, 4) is 0 Å². The van der Waals surface area contributed by atoms with E-state index in [4.69, 9.17) is 5.11 Å². The van der Waals surface area contributed by atoms with Crippen molar-refractivity contribution in [1.29, 1.82) is 0 Å². The van der Waals surface area contributed by atoms with Crippen molar-refractivity contribution < 1.29 is 5.11 Å². The van der Waals surface area contributed by atoms with Crippen LogP contribution in [0.25, 0.3) is 0 Å². The van der Waals surface area contributed by atoms with Crippen molar-refractivity contribution in [1.82, 2.24) is 4.90 Å². The smallest absolute Gasteiger partial charge is 0.0807 e. The van der Waals surface area contributed by atoms with E-state index in [0.717, 1.165) is 12.8 Å². The molecule has 1 aliphatic rings. The molecule has 0 saturated heterocycles. The number of aliphatic hydroxyl groups is 1. The molecule has 1 aliphatic heterocycles. The summed E-state index contributed by atoms with van der Waals surface area (Å²) < 4.78 is 0. The fraction of sp³-hybridized carbons (Fsp3) is 0.385. The Bertz CT molecular complexity index is 369. The van der Waals surface area contributed by atoms with Gasteiger partial charge in [-0.2, -0.15) is 0 Å². The maximum Gasteiger partial charge on any atom is 0.0807 e. The topological polar surface area (TPSA) is 23.5 Å². The van der Waals surface area contributed by atoms with Crippen LogP contribution in [0.5, 0.6) is 0 Å². The van der Waals surface area contributed by atoms with Gasteiger partial charge in [-0.05, 0) is 11.0 Å². The summed E-state index contributed by atoms with van der Waals surface area (Å²) in [6.07, 6.45) is 1.81. The van der Waals surface area contributed by atoms with Gasteiger partial charge in [0, 0.05) is 32.2 Å². The maximum absolute atomic E-state index is 8.96. The first-order chi connectivity index (χ1) is 7.81. The highest BCUT2D eigenvalue weighted by molar-refractivity contribution is 8.02. The summed E-state index contributed by atoms with van der Waals surface area (Å²) in [5.74, 6) is 0. The van der Waals surface area contributed by atoms with Crippen LogP contribution in [0, 0.1) is 0 Å². The van der Waals surface area contributed by atoms with Gasteiger partial charge in [0.2, 0.25) is 0 Å². The Balaban J connectivity index is 0.00000144. The van der Waals surface area contributed by atoms with E-state index < -0.39 is 0 Å². The molecule has 2 rings (SSSR count). The SMILES string of the molecule is CN1C(Cc2ccccc2)=CSC1CCO.Cl. The molecule has 0 amide bonds. The zero-order valence-corrected chi connectivity index (χ0v) is 11.5. The quantitative estimate of drug-likeness (QED) is 0.911. The highest BCUT2D eigenvalue weighted by Gasteiger charge is 2.22. The van der Waals surface area contributed by atoms with Crippen molar-refractivity contribution in [2.45, 2.75) is 18.2 Å². The average Bonchev–Trinajstić information content (AvgIpc) is 2.64. The van der Waals surface area contributed by atoms with Crippen molar-refractivity contribution in [2.75, 3.05) is 13.7 Å². The van der Waals surface area contributed by atoms with Gasteiger partial charge in [0.1, 0.15) is 0 Å². The predicted molar refractivity (Wildman–Crippen MR) is 76.3 cm³/mol. The zero-order chi connectivity index (χ0) is 11.4. The molecule has 0 aliphatic carbocycles. The molecule has 1 aromatic rings. The van der Waals surface area contributed by atoms with Gasteiger partial charge in [-0.3, -0.25) is 0 Å². The van der Waals surface area contributed by atoms with E-state index in [9.17, 15) is 0 Å². The van der Waals surface area contributed by atoms with Crippen LogP contribution in [-0.4, -0.2) is 29.0 Å². The summed E-state index contributed by atoms with van der Waals surface area (Å²) in [4.78, 5) is 2.27. The van der Waals surface area contributed by atoms with Crippen LogP contribution >= 0.6 is 24.2 Å². The fourth-order valence-electron chi connectivity index (χ4n) is 1.86. The number of allylic oxidation sites excluding steroid dienone is 1. The van der Waals surface area contributed by atoms with Crippen molar-refractivity contribution in [3.05, 3.63) is 47.0 Å². The molecular weight excluding hydrogens is 254 g/mol. The number of nitrogens with zero attached hydrogens (tertiary/aromatic N) is 1. The van der Waals surface area contributed by atoms with Crippen molar-refractivity contribution >= 4 is 24.2 Å². The average molecular weight is 272 g/mol. The first-order valence-corrected chi connectivity index (χ1v) is 6.47. The molecule has 0 spiro atoms. The van der Waals surface area contributed by atoms with Crippen LogP contribution in [0.4, 0.5) is 0 Å². The Morgan fingerprint density at radius 3 is 2.65 bits per heavy atom. The largest absolute Gasteiger partial charge is 0.396 e. The number of halogens is 1. The first kappa shape index (κ1) is 14.4. The lowest BCUT2D eigenvalue weighted by atomic mass is 10.1. The minimum absolute atomic E-state index is 0. The molecule has 1 N–H and O–H groups in total. The second-order valence-electron chi connectivity index (χ2n) is 3.99. The van der Waals surface area contributed by atoms with E-state index in [-0.39, 0.29) is 19.0 Å². The molecule has 0 bridgehead atoms. The molecule has 2 nitrogen and oxygen atoms in total. The summed E-state index contributed by atoms with van der Waals surface area (Å²) in [5.41, 5.74) is 2.68. The molecule has 0 aromatic heterocycles. The third-order valence-electron chi connectivity index (χ3n) is 2.85. The third-order valence-corrected chi connectivity index (χ3v) is 4.12. The van der Waals surface area contributed by atoms with Crippen LogP contribution < -0.4 is 0 Å². The molecule has 1 aromatic carbocycles. The monoisotopic (exact) mass is 271 g/mol. The van der Waals surface area contributed by atoms with Crippen LogP contribution in [0.1, 0.15) is 12.0 Å². The first-order valence-electron chi connectivity index (χ1n) is 5.53. The summed E-state index contributed by atoms with van der Waals surface area (Å²) in [6, 6.07) is 10.5. The number of aliphatic hydroxyl groups excluding tert-OH is 1. The minimum atomic E-state index is 0. The molecule has 0 fully saturated rings. The Hall–Kier alpha value is -0.640. The Labute approximate surface area is 113 Å². The van der Waals surface area contributed by atoms with Gasteiger partial charge in [0.25, 0.3) is 0 Å². The molecule has 1 unspecified atom stereocenters. The molecule has 4 heteroatoms. The molecule has 0 radical (unpaired) electrons. The molecule has 1 atom stereocenters. The van der Waals surface area contributed by atoms with E-state index in [1.807, 2.05) is 6.07 Å². The summed E-state index contributed by atoms with van der Waals surface area (Å²) in [5, 5.41) is 11.6. The third kappa shape index (κ3) is 3.66. The number of hydrogen-bond donors (Lipinski definition) is 1. The molecular formula is C13H18ClNOS. The van der Waals surface area contributed by atoms with Crippen LogP contribution in [0.3, 0.4) is 0 Å². The van der Waals surface area contributed by atoms with Gasteiger partial charge in [0.05, 0.1) is 5.37 Å². The predicted octanol–water partition coefficient (Wildman–Crippen LogP) is 2.88.